The van der Waals surface area contributed by atoms with E-state index in [1.807, 2.05) is 0 Å². The van der Waals surface area contributed by atoms with E-state index >= 15 is 0 Å². The lowest BCUT2D eigenvalue weighted by Crippen LogP contribution is -2.46. The molecule has 1 amide bonds. The Hall–Kier alpha value is -1.56. The molecule has 0 saturated heterocycles. The van der Waals surface area contributed by atoms with Crippen LogP contribution in [-0.4, -0.2) is 30.6 Å². The lowest BCUT2D eigenvalue weighted by Gasteiger charge is -2.34. The fraction of sp³-hybridized carbons (Fsp3) is 0.429. The molecule has 6 heteroatoms. The predicted molar refractivity (Wildman–Crippen MR) is 78.2 cm³/mol. The lowest BCUT2D eigenvalue weighted by molar-refractivity contribution is -0.113. The molecule has 0 aromatic heterocycles. The molecule has 2 rings (SSSR count). The van der Waals surface area contributed by atoms with Crippen LogP contribution in [0.3, 0.4) is 0 Å². The first-order chi connectivity index (χ1) is 9.31. The highest BCUT2D eigenvalue weighted by molar-refractivity contribution is 9.10. The molecule has 0 radical (unpaired) electrons. The van der Waals surface area contributed by atoms with E-state index in [-0.39, 0.29) is 6.54 Å². The first kappa shape index (κ1) is 14.8. The van der Waals surface area contributed by atoms with Gasteiger partial charge in [-0.25, -0.2) is 4.79 Å². The summed E-state index contributed by atoms with van der Waals surface area (Å²) < 4.78 is 11.6. The second kappa shape index (κ2) is 5.44. The number of amides is 1. The minimum atomic E-state index is -0.700. The smallest absolute Gasteiger partial charge is 0.415 e. The van der Waals surface area contributed by atoms with Crippen LogP contribution in [0.2, 0.25) is 0 Å². The minimum Gasteiger partial charge on any atom is -0.478 e. The molecule has 1 unspecified atom stereocenters. The number of carbonyl (C=O) groups excluding carboxylic acids is 2. The van der Waals surface area contributed by atoms with Gasteiger partial charge in [-0.1, -0.05) is 6.07 Å². The van der Waals surface area contributed by atoms with Crippen molar-refractivity contribution >= 4 is 34.0 Å². The summed E-state index contributed by atoms with van der Waals surface area (Å²) in [6, 6.07) is 5.34. The van der Waals surface area contributed by atoms with Gasteiger partial charge in [-0.2, -0.15) is 0 Å². The van der Waals surface area contributed by atoms with E-state index < -0.39 is 17.8 Å². The van der Waals surface area contributed by atoms with Crippen LogP contribution in [0.25, 0.3) is 0 Å². The maximum absolute atomic E-state index is 12.3. The quantitative estimate of drug-likeness (QED) is 0.736. The number of hydrogen-bond donors (Lipinski definition) is 0. The van der Waals surface area contributed by atoms with Crippen molar-refractivity contribution in [3.63, 3.8) is 0 Å². The number of benzene rings is 1. The molecule has 0 N–H and O–H groups in total. The number of aldehydes is 1. The fourth-order valence-electron chi connectivity index (χ4n) is 1.85. The van der Waals surface area contributed by atoms with Gasteiger partial charge in [0.1, 0.15) is 5.60 Å². The van der Waals surface area contributed by atoms with E-state index in [9.17, 15) is 9.59 Å². The zero-order valence-electron chi connectivity index (χ0n) is 11.6. The average Bonchev–Trinajstić information content (AvgIpc) is 2.36. The van der Waals surface area contributed by atoms with Crippen LogP contribution < -0.4 is 9.64 Å². The average molecular weight is 342 g/mol. The minimum absolute atomic E-state index is 0.141. The third-order valence-corrected chi connectivity index (χ3v) is 3.26. The Morgan fingerprint density at radius 2 is 2.20 bits per heavy atom. The number of nitrogens with zero attached hydrogens (tertiary/aromatic N) is 1. The predicted octanol–water partition coefficient (Wildman–Crippen LogP) is 3.15. The highest BCUT2D eigenvalue weighted by Crippen LogP contribution is 2.39. The number of rotatable bonds is 1. The van der Waals surface area contributed by atoms with Crippen molar-refractivity contribution in [2.24, 2.45) is 0 Å². The lowest BCUT2D eigenvalue weighted by atomic mass is 10.2. The Morgan fingerprint density at radius 3 is 2.80 bits per heavy atom. The van der Waals surface area contributed by atoms with Crippen LogP contribution in [-0.2, 0) is 9.53 Å². The van der Waals surface area contributed by atoms with Crippen LogP contribution in [0.1, 0.15) is 20.8 Å². The molecule has 1 aromatic carbocycles. The monoisotopic (exact) mass is 341 g/mol. The van der Waals surface area contributed by atoms with Gasteiger partial charge < -0.3 is 9.47 Å². The normalized spacial score (nSPS) is 18.0. The molecule has 0 spiro atoms. The third kappa shape index (κ3) is 3.12. The van der Waals surface area contributed by atoms with Gasteiger partial charge in [0.05, 0.1) is 16.7 Å². The van der Waals surface area contributed by atoms with Gasteiger partial charge in [-0.15, -0.1) is 0 Å². The molecule has 1 atom stereocenters. The molecule has 1 aliphatic heterocycles. The number of hydrogen-bond acceptors (Lipinski definition) is 4. The zero-order chi connectivity index (χ0) is 14.9. The van der Waals surface area contributed by atoms with Crippen LogP contribution in [0.4, 0.5) is 10.5 Å². The van der Waals surface area contributed by atoms with E-state index in [4.69, 9.17) is 9.47 Å². The molecule has 0 saturated carbocycles. The van der Waals surface area contributed by atoms with Crippen molar-refractivity contribution in [2.45, 2.75) is 32.5 Å². The van der Waals surface area contributed by atoms with Gasteiger partial charge >= 0.3 is 6.09 Å². The Balaban J connectivity index is 2.36. The molecule has 1 aromatic rings. The molecule has 1 aliphatic rings. The summed E-state index contributed by atoms with van der Waals surface area (Å²) in [6.07, 6.45) is -0.513. The summed E-state index contributed by atoms with van der Waals surface area (Å²) in [5.41, 5.74) is -0.00941. The molecule has 108 valence electrons. The molecule has 0 bridgehead atoms. The molecule has 1 heterocycles. The first-order valence-electron chi connectivity index (χ1n) is 6.23. The summed E-state index contributed by atoms with van der Waals surface area (Å²) >= 11 is 3.36. The topological polar surface area (TPSA) is 55.8 Å². The maximum atomic E-state index is 12.3. The van der Waals surface area contributed by atoms with Crippen molar-refractivity contribution in [3.05, 3.63) is 22.7 Å². The summed E-state index contributed by atoms with van der Waals surface area (Å²) in [6.45, 7) is 5.53. The van der Waals surface area contributed by atoms with E-state index in [1.54, 1.807) is 39.0 Å². The summed E-state index contributed by atoms with van der Waals surface area (Å²) in [7, 11) is 0. The van der Waals surface area contributed by atoms with E-state index in [2.05, 4.69) is 15.9 Å². The van der Waals surface area contributed by atoms with Gasteiger partial charge in [0.15, 0.2) is 18.1 Å². The Kier molecular flexibility index (Phi) is 4.04. The summed E-state index contributed by atoms with van der Waals surface area (Å²) in [5, 5.41) is 0. The Morgan fingerprint density at radius 1 is 1.50 bits per heavy atom. The number of fused-ring (bicyclic) bond motifs is 1. The molecule has 0 aliphatic carbocycles. The summed E-state index contributed by atoms with van der Waals surface area (Å²) in [4.78, 5) is 24.7. The summed E-state index contributed by atoms with van der Waals surface area (Å²) in [5.74, 6) is 0.474. The number of carbonyl (C=O) groups is 2. The van der Waals surface area contributed by atoms with Gasteiger partial charge in [0, 0.05) is 0 Å². The molecule has 0 fully saturated rings. The number of ether oxygens (including phenoxy) is 2. The largest absolute Gasteiger partial charge is 0.478 e. The van der Waals surface area contributed by atoms with E-state index in [0.29, 0.717) is 22.2 Å². The zero-order valence-corrected chi connectivity index (χ0v) is 13.1. The first-order valence-corrected chi connectivity index (χ1v) is 7.02. The second-order valence-electron chi connectivity index (χ2n) is 5.47. The van der Waals surface area contributed by atoms with Gasteiger partial charge in [0.2, 0.25) is 0 Å². The fourth-order valence-corrected chi connectivity index (χ4v) is 2.30. The van der Waals surface area contributed by atoms with Crippen LogP contribution in [0, 0.1) is 0 Å². The van der Waals surface area contributed by atoms with Crippen LogP contribution in [0.15, 0.2) is 22.7 Å². The third-order valence-electron chi connectivity index (χ3n) is 2.63. The van der Waals surface area contributed by atoms with Crippen LogP contribution >= 0.6 is 15.9 Å². The molecule has 5 nitrogen and oxygen atoms in total. The van der Waals surface area contributed by atoms with Crippen molar-refractivity contribution in [2.75, 3.05) is 11.4 Å². The molecular formula is C14H16BrNO4. The van der Waals surface area contributed by atoms with Crippen molar-refractivity contribution in [3.8, 4) is 5.75 Å². The molecule has 20 heavy (non-hydrogen) atoms. The maximum Gasteiger partial charge on any atom is 0.415 e. The van der Waals surface area contributed by atoms with Crippen molar-refractivity contribution in [1.29, 1.82) is 0 Å². The van der Waals surface area contributed by atoms with E-state index in [1.165, 1.54) is 4.90 Å². The standard InChI is InChI=1S/C14H16BrNO4/c1-14(2,3)20-13(18)16-7-9(8-17)19-12-10(15)5-4-6-11(12)16/h4-6,8-9H,7H2,1-3H3. The van der Waals surface area contributed by atoms with Gasteiger partial charge in [0.25, 0.3) is 0 Å². The second-order valence-corrected chi connectivity index (χ2v) is 6.33. The number of anilines is 1. The Labute approximate surface area is 126 Å². The van der Waals surface area contributed by atoms with Crippen molar-refractivity contribution in [1.82, 2.24) is 0 Å². The Bertz CT molecular complexity index is 538. The number of halogens is 1. The van der Waals surface area contributed by atoms with E-state index in [0.717, 1.165) is 0 Å². The van der Waals surface area contributed by atoms with Crippen molar-refractivity contribution < 1.29 is 19.1 Å². The van der Waals surface area contributed by atoms with Crippen LogP contribution in [0.5, 0.6) is 5.75 Å². The van der Waals surface area contributed by atoms with Gasteiger partial charge in [-0.05, 0) is 48.8 Å². The molecular weight excluding hydrogens is 326 g/mol. The number of para-hydroxylation sites is 1. The van der Waals surface area contributed by atoms with Gasteiger partial charge in [-0.3, -0.25) is 9.69 Å². The highest BCUT2D eigenvalue weighted by Gasteiger charge is 2.33. The highest BCUT2D eigenvalue weighted by atomic mass is 79.9. The SMILES string of the molecule is CC(C)(C)OC(=O)N1CC(C=O)Oc2c(Br)cccc21.